The predicted molar refractivity (Wildman–Crippen MR) is 76.7 cm³/mol. The monoisotopic (exact) mass is 274 g/mol. The zero-order valence-corrected chi connectivity index (χ0v) is 11.5. The highest BCUT2D eigenvalue weighted by Gasteiger charge is 2.27. The average Bonchev–Trinajstić information content (AvgIpc) is 2.47. The van der Waals surface area contributed by atoms with Gasteiger partial charge in [-0.2, -0.15) is 5.26 Å². The molecule has 6 heteroatoms. The molecule has 1 heterocycles. The van der Waals surface area contributed by atoms with Gasteiger partial charge in [0.2, 0.25) is 0 Å². The van der Waals surface area contributed by atoms with Crippen molar-refractivity contribution in [1.29, 1.82) is 5.26 Å². The smallest absolute Gasteiger partial charge is 0.293 e. The molecule has 1 fully saturated rings. The van der Waals surface area contributed by atoms with E-state index in [9.17, 15) is 10.1 Å². The summed E-state index contributed by atoms with van der Waals surface area (Å²) in [5, 5.41) is 23.3. The average molecular weight is 274 g/mol. The lowest BCUT2D eigenvalue weighted by molar-refractivity contribution is -0.384. The summed E-state index contributed by atoms with van der Waals surface area (Å²) in [4.78, 5) is 12.9. The number of nitro groups is 1. The molecule has 1 atom stereocenters. The molecule has 1 N–H and O–H groups in total. The second kappa shape index (κ2) is 6.35. The molecule has 0 radical (unpaired) electrons. The second-order valence-corrected chi connectivity index (χ2v) is 4.97. The van der Waals surface area contributed by atoms with Crippen molar-refractivity contribution in [2.24, 2.45) is 0 Å². The number of nitrogens with zero attached hydrogens (tertiary/aromatic N) is 3. The summed E-state index contributed by atoms with van der Waals surface area (Å²) in [6, 6.07) is 6.92. The molecule has 1 aliphatic heterocycles. The Morgan fingerprint density at radius 1 is 1.55 bits per heavy atom. The van der Waals surface area contributed by atoms with Crippen molar-refractivity contribution in [2.45, 2.75) is 25.3 Å². The van der Waals surface area contributed by atoms with E-state index in [4.69, 9.17) is 5.26 Å². The van der Waals surface area contributed by atoms with E-state index in [2.05, 4.69) is 10.2 Å². The maximum Gasteiger partial charge on any atom is 0.293 e. The molecule has 0 aliphatic carbocycles. The first-order valence-electron chi connectivity index (χ1n) is 6.77. The first-order valence-corrected chi connectivity index (χ1v) is 6.77. The summed E-state index contributed by atoms with van der Waals surface area (Å²) in [5.41, 5.74) is 0.962. The van der Waals surface area contributed by atoms with E-state index in [0.29, 0.717) is 11.3 Å². The van der Waals surface area contributed by atoms with Crippen molar-refractivity contribution in [1.82, 2.24) is 5.32 Å². The third-order valence-electron chi connectivity index (χ3n) is 3.68. The molecular formula is C14H18N4O2. The number of nitriles is 1. The summed E-state index contributed by atoms with van der Waals surface area (Å²) >= 11 is 0. The molecule has 6 nitrogen and oxygen atoms in total. The van der Waals surface area contributed by atoms with Gasteiger partial charge < -0.3 is 10.2 Å². The first kappa shape index (κ1) is 14.3. The fourth-order valence-electron chi connectivity index (χ4n) is 2.75. The van der Waals surface area contributed by atoms with Crippen molar-refractivity contribution in [2.75, 3.05) is 25.0 Å². The molecule has 1 saturated heterocycles. The molecule has 1 aromatic carbocycles. The van der Waals surface area contributed by atoms with E-state index in [1.54, 1.807) is 12.1 Å². The zero-order chi connectivity index (χ0) is 14.5. The molecule has 0 spiro atoms. The van der Waals surface area contributed by atoms with Crippen LogP contribution in [0, 0.1) is 21.4 Å². The van der Waals surface area contributed by atoms with Gasteiger partial charge in [-0.05, 0) is 38.4 Å². The maximum atomic E-state index is 11.3. The Labute approximate surface area is 118 Å². The van der Waals surface area contributed by atoms with Crippen LogP contribution >= 0.6 is 0 Å². The highest BCUT2D eigenvalue weighted by atomic mass is 16.6. The standard InChI is InChI=1S/C14H18N4O2/c1-16-10-12-4-2-3-7-17(12)13-6-5-11(9-15)8-14(13)18(19)20/h5-6,8,12,16H,2-4,7,10H2,1H3. The van der Waals surface area contributed by atoms with Crippen molar-refractivity contribution < 1.29 is 4.92 Å². The Kier molecular flexibility index (Phi) is 4.53. The van der Waals surface area contributed by atoms with Gasteiger partial charge in [-0.3, -0.25) is 10.1 Å². The Hall–Kier alpha value is -2.13. The fourth-order valence-corrected chi connectivity index (χ4v) is 2.75. The van der Waals surface area contributed by atoms with Crippen LogP contribution in [0.2, 0.25) is 0 Å². The quantitative estimate of drug-likeness (QED) is 0.671. The van der Waals surface area contributed by atoms with Crippen LogP contribution in [0.3, 0.4) is 0 Å². The van der Waals surface area contributed by atoms with Crippen LogP contribution in [0.1, 0.15) is 24.8 Å². The maximum absolute atomic E-state index is 11.3. The van der Waals surface area contributed by atoms with Crippen LogP contribution < -0.4 is 10.2 Å². The lowest BCUT2D eigenvalue weighted by Gasteiger charge is -2.37. The number of rotatable bonds is 4. The number of nitrogens with one attached hydrogen (secondary N) is 1. The van der Waals surface area contributed by atoms with Gasteiger partial charge in [0.15, 0.2) is 0 Å². The van der Waals surface area contributed by atoms with E-state index < -0.39 is 4.92 Å². The molecule has 106 valence electrons. The van der Waals surface area contributed by atoms with Crippen molar-refractivity contribution in [3.63, 3.8) is 0 Å². The van der Waals surface area contributed by atoms with Gasteiger partial charge in [0.1, 0.15) is 5.69 Å². The number of piperidine rings is 1. The van der Waals surface area contributed by atoms with Gasteiger partial charge in [0.25, 0.3) is 5.69 Å². The van der Waals surface area contributed by atoms with Crippen molar-refractivity contribution in [3.8, 4) is 6.07 Å². The summed E-state index contributed by atoms with van der Waals surface area (Å²) < 4.78 is 0. The molecular weight excluding hydrogens is 256 g/mol. The van der Waals surface area contributed by atoms with Gasteiger partial charge in [-0.1, -0.05) is 0 Å². The van der Waals surface area contributed by atoms with Crippen LogP contribution in [0.25, 0.3) is 0 Å². The second-order valence-electron chi connectivity index (χ2n) is 4.97. The fraction of sp³-hybridized carbons (Fsp3) is 0.500. The minimum absolute atomic E-state index is 0.0204. The zero-order valence-electron chi connectivity index (χ0n) is 11.5. The number of hydrogen-bond acceptors (Lipinski definition) is 5. The molecule has 1 aliphatic rings. The van der Waals surface area contributed by atoms with Gasteiger partial charge in [0, 0.05) is 25.2 Å². The van der Waals surface area contributed by atoms with Crippen LogP contribution in [0.4, 0.5) is 11.4 Å². The number of nitro benzene ring substituents is 1. The Morgan fingerprint density at radius 2 is 2.35 bits per heavy atom. The van der Waals surface area contributed by atoms with Crippen molar-refractivity contribution in [3.05, 3.63) is 33.9 Å². The van der Waals surface area contributed by atoms with Crippen LogP contribution in [0.5, 0.6) is 0 Å². The molecule has 1 aromatic rings. The number of anilines is 1. The van der Waals surface area contributed by atoms with Crippen LogP contribution in [0.15, 0.2) is 18.2 Å². The Balaban J connectivity index is 2.39. The van der Waals surface area contributed by atoms with E-state index in [1.807, 2.05) is 13.1 Å². The summed E-state index contributed by atoms with van der Waals surface area (Å²) in [5.74, 6) is 0. The Bertz CT molecular complexity index is 536. The predicted octanol–water partition coefficient (Wildman–Crippen LogP) is 2.04. The van der Waals surface area contributed by atoms with Gasteiger partial charge in [-0.25, -0.2) is 0 Å². The van der Waals surface area contributed by atoms with Gasteiger partial charge in [0.05, 0.1) is 16.6 Å². The largest absolute Gasteiger partial charge is 0.362 e. The minimum Gasteiger partial charge on any atom is -0.362 e. The SMILES string of the molecule is CNCC1CCCCN1c1ccc(C#N)cc1[N+](=O)[O-]. The molecule has 0 amide bonds. The van der Waals surface area contributed by atoms with Crippen LogP contribution in [-0.4, -0.2) is 31.1 Å². The van der Waals surface area contributed by atoms with E-state index >= 15 is 0 Å². The highest BCUT2D eigenvalue weighted by molar-refractivity contribution is 5.66. The number of benzene rings is 1. The lowest BCUT2D eigenvalue weighted by atomic mass is 10.00. The van der Waals surface area contributed by atoms with Gasteiger partial charge in [-0.15, -0.1) is 0 Å². The third-order valence-corrected chi connectivity index (χ3v) is 3.68. The van der Waals surface area contributed by atoms with E-state index in [0.717, 1.165) is 32.4 Å². The summed E-state index contributed by atoms with van der Waals surface area (Å²) in [6.45, 7) is 1.62. The topological polar surface area (TPSA) is 82.2 Å². The normalized spacial score (nSPS) is 18.6. The van der Waals surface area contributed by atoms with E-state index in [1.165, 1.54) is 6.07 Å². The summed E-state index contributed by atoms with van der Waals surface area (Å²) in [6.07, 6.45) is 3.21. The molecule has 1 unspecified atom stereocenters. The number of hydrogen-bond donors (Lipinski definition) is 1. The Morgan fingerprint density at radius 3 is 3.00 bits per heavy atom. The molecule has 0 saturated carbocycles. The molecule has 0 bridgehead atoms. The van der Waals surface area contributed by atoms with Crippen LogP contribution in [-0.2, 0) is 0 Å². The first-order chi connectivity index (χ1) is 9.67. The third kappa shape index (κ3) is 2.89. The van der Waals surface area contributed by atoms with Crippen molar-refractivity contribution >= 4 is 11.4 Å². The summed E-state index contributed by atoms with van der Waals surface area (Å²) in [7, 11) is 1.89. The highest BCUT2D eigenvalue weighted by Crippen LogP contribution is 2.33. The van der Waals surface area contributed by atoms with Gasteiger partial charge >= 0.3 is 0 Å². The van der Waals surface area contributed by atoms with E-state index in [-0.39, 0.29) is 11.7 Å². The molecule has 2 rings (SSSR count). The minimum atomic E-state index is -0.402. The molecule has 20 heavy (non-hydrogen) atoms. The lowest BCUT2D eigenvalue weighted by Crippen LogP contribution is -2.45. The number of likely N-dealkylation sites (N-methyl/N-ethyl adjacent to an activating group) is 1. The molecule has 0 aromatic heterocycles.